The van der Waals surface area contributed by atoms with Crippen molar-refractivity contribution in [3.8, 4) is 5.69 Å². The largest absolute Gasteiger partial charge is 0.309 e. The van der Waals surface area contributed by atoms with Crippen LogP contribution in [0.25, 0.3) is 27.5 Å². The first-order valence-corrected chi connectivity index (χ1v) is 11.8. The highest BCUT2D eigenvalue weighted by molar-refractivity contribution is 6.11. The Morgan fingerprint density at radius 1 is 0.833 bits per heavy atom. The lowest BCUT2D eigenvalue weighted by Gasteiger charge is -2.49. The zero-order valence-corrected chi connectivity index (χ0v) is 18.4. The molecule has 1 aromatic heterocycles. The molecule has 30 heavy (non-hydrogen) atoms. The summed E-state index contributed by atoms with van der Waals surface area (Å²) in [6.45, 7) is 7.43. The number of aromatic nitrogens is 1. The minimum absolute atomic E-state index is 0.0972. The van der Waals surface area contributed by atoms with Gasteiger partial charge in [-0.1, -0.05) is 88.2 Å². The second-order valence-corrected chi connectivity index (χ2v) is 9.86. The van der Waals surface area contributed by atoms with Crippen molar-refractivity contribution in [3.05, 3.63) is 77.9 Å². The summed E-state index contributed by atoms with van der Waals surface area (Å²) in [5.74, 6) is 2.10. The second-order valence-electron chi connectivity index (χ2n) is 9.86. The molecule has 4 atom stereocenters. The van der Waals surface area contributed by atoms with Crippen LogP contribution in [0.3, 0.4) is 0 Å². The van der Waals surface area contributed by atoms with E-state index in [1.807, 2.05) is 0 Å². The minimum Gasteiger partial charge on any atom is -0.309 e. The lowest BCUT2D eigenvalue weighted by atomic mass is 9.56. The van der Waals surface area contributed by atoms with E-state index in [4.69, 9.17) is 0 Å². The molecule has 3 aromatic carbocycles. The van der Waals surface area contributed by atoms with Crippen molar-refractivity contribution in [2.75, 3.05) is 0 Å². The standard InChI is InChI=1S/C29H31N/c1-4-21-18-19(2)16-17-20(3)29(21)24-12-6-8-15-27(24)30-26-14-7-5-10-22(26)23-11-9-13-25(29)28(23)30/h5-15,19-21H,4,16-18H2,1-3H3. The third-order valence-corrected chi connectivity index (χ3v) is 8.42. The minimum atomic E-state index is 0.0972. The monoisotopic (exact) mass is 393 g/mol. The molecule has 1 saturated carbocycles. The van der Waals surface area contributed by atoms with Crippen LogP contribution >= 0.6 is 0 Å². The molecule has 1 heteroatoms. The van der Waals surface area contributed by atoms with Gasteiger partial charge in [-0.3, -0.25) is 0 Å². The Hall–Kier alpha value is -2.54. The highest BCUT2D eigenvalue weighted by atomic mass is 15.0. The topological polar surface area (TPSA) is 4.93 Å². The van der Waals surface area contributed by atoms with E-state index in [0.29, 0.717) is 11.8 Å². The van der Waals surface area contributed by atoms with E-state index in [1.165, 1.54) is 53.2 Å². The molecular formula is C29H31N. The molecule has 0 saturated heterocycles. The quantitative estimate of drug-likeness (QED) is 0.310. The van der Waals surface area contributed by atoms with Gasteiger partial charge in [-0.05, 0) is 53.9 Å². The Morgan fingerprint density at radius 2 is 1.57 bits per heavy atom. The van der Waals surface area contributed by atoms with Crippen LogP contribution in [-0.2, 0) is 5.41 Å². The lowest BCUT2D eigenvalue weighted by molar-refractivity contribution is 0.215. The summed E-state index contributed by atoms with van der Waals surface area (Å²) < 4.78 is 2.56. The molecule has 0 amide bonds. The fourth-order valence-electron chi connectivity index (χ4n) is 7.18. The Balaban J connectivity index is 1.84. The summed E-state index contributed by atoms with van der Waals surface area (Å²) >= 11 is 0. The van der Waals surface area contributed by atoms with E-state index in [0.717, 1.165) is 5.92 Å². The van der Waals surface area contributed by atoms with Crippen molar-refractivity contribution < 1.29 is 0 Å². The first-order valence-electron chi connectivity index (χ1n) is 11.8. The number of benzene rings is 3. The molecule has 6 rings (SSSR count). The molecule has 1 nitrogen and oxygen atoms in total. The summed E-state index contributed by atoms with van der Waals surface area (Å²) in [5.41, 5.74) is 7.42. The van der Waals surface area contributed by atoms with E-state index in [2.05, 4.69) is 92.1 Å². The Labute approximate surface area is 179 Å². The third kappa shape index (κ3) is 2.14. The summed E-state index contributed by atoms with van der Waals surface area (Å²) in [6, 6.07) is 25.4. The molecule has 2 heterocycles. The molecule has 4 unspecified atom stereocenters. The van der Waals surface area contributed by atoms with Gasteiger partial charge in [0.15, 0.2) is 0 Å². The first kappa shape index (κ1) is 18.2. The van der Waals surface area contributed by atoms with Gasteiger partial charge in [0.05, 0.1) is 16.7 Å². The molecule has 1 fully saturated rings. The van der Waals surface area contributed by atoms with Crippen LogP contribution in [0.15, 0.2) is 66.7 Å². The van der Waals surface area contributed by atoms with Crippen molar-refractivity contribution in [2.24, 2.45) is 17.8 Å². The van der Waals surface area contributed by atoms with Crippen molar-refractivity contribution in [2.45, 2.75) is 51.9 Å². The molecule has 2 aliphatic rings. The number of hydrogen-bond donors (Lipinski definition) is 0. The molecule has 0 N–H and O–H groups in total. The van der Waals surface area contributed by atoms with Gasteiger partial charge < -0.3 is 4.57 Å². The van der Waals surface area contributed by atoms with Crippen LogP contribution in [0.2, 0.25) is 0 Å². The van der Waals surface area contributed by atoms with Gasteiger partial charge in [-0.2, -0.15) is 0 Å². The number of hydrogen-bond acceptors (Lipinski definition) is 0. The van der Waals surface area contributed by atoms with Gasteiger partial charge >= 0.3 is 0 Å². The number of nitrogens with zero attached hydrogens (tertiary/aromatic N) is 1. The molecule has 0 bridgehead atoms. The van der Waals surface area contributed by atoms with Crippen LogP contribution in [0.5, 0.6) is 0 Å². The Morgan fingerprint density at radius 3 is 2.43 bits per heavy atom. The van der Waals surface area contributed by atoms with E-state index in [1.54, 1.807) is 11.1 Å². The van der Waals surface area contributed by atoms with Crippen LogP contribution in [-0.4, -0.2) is 4.57 Å². The maximum absolute atomic E-state index is 2.56. The molecule has 4 aromatic rings. The number of para-hydroxylation sites is 3. The number of fused-ring (bicyclic) bond motifs is 7. The molecule has 152 valence electrons. The van der Waals surface area contributed by atoms with E-state index < -0.39 is 0 Å². The Bertz CT molecular complexity index is 1260. The normalized spacial score (nSPS) is 28.0. The summed E-state index contributed by atoms with van der Waals surface area (Å²) in [4.78, 5) is 0. The molecule has 1 aliphatic heterocycles. The van der Waals surface area contributed by atoms with Crippen molar-refractivity contribution in [3.63, 3.8) is 0 Å². The van der Waals surface area contributed by atoms with Gasteiger partial charge in [-0.15, -0.1) is 0 Å². The van der Waals surface area contributed by atoms with Gasteiger partial charge in [-0.25, -0.2) is 0 Å². The SMILES string of the molecule is CCC1CC(C)CCC(C)C12c1ccccc1-n1c3ccccc3c3cccc2c31. The van der Waals surface area contributed by atoms with E-state index in [-0.39, 0.29) is 5.41 Å². The average Bonchev–Trinajstić information content (AvgIpc) is 3.06. The maximum Gasteiger partial charge on any atom is 0.0582 e. The van der Waals surface area contributed by atoms with Crippen LogP contribution in [0, 0.1) is 17.8 Å². The zero-order valence-electron chi connectivity index (χ0n) is 18.4. The maximum atomic E-state index is 2.56. The van der Waals surface area contributed by atoms with E-state index >= 15 is 0 Å². The zero-order chi connectivity index (χ0) is 20.5. The molecule has 1 spiro atoms. The fourth-order valence-corrected chi connectivity index (χ4v) is 7.18. The first-order chi connectivity index (χ1) is 14.7. The van der Waals surface area contributed by atoms with Gasteiger partial charge in [0.25, 0.3) is 0 Å². The van der Waals surface area contributed by atoms with Gasteiger partial charge in [0.1, 0.15) is 0 Å². The van der Waals surface area contributed by atoms with Crippen molar-refractivity contribution in [1.29, 1.82) is 0 Å². The number of rotatable bonds is 1. The lowest BCUT2D eigenvalue weighted by Crippen LogP contribution is -2.44. The van der Waals surface area contributed by atoms with Crippen LogP contribution < -0.4 is 0 Å². The summed E-state index contributed by atoms with van der Waals surface area (Å²) in [5, 5.41) is 2.79. The summed E-state index contributed by atoms with van der Waals surface area (Å²) in [7, 11) is 0. The van der Waals surface area contributed by atoms with Gasteiger partial charge in [0.2, 0.25) is 0 Å². The smallest absolute Gasteiger partial charge is 0.0582 e. The van der Waals surface area contributed by atoms with Gasteiger partial charge in [0, 0.05) is 16.2 Å². The molecule has 1 aliphatic carbocycles. The van der Waals surface area contributed by atoms with Crippen molar-refractivity contribution in [1.82, 2.24) is 4.57 Å². The highest BCUT2D eigenvalue weighted by Gasteiger charge is 2.51. The molecular weight excluding hydrogens is 362 g/mol. The van der Waals surface area contributed by atoms with Crippen LogP contribution in [0.1, 0.15) is 57.6 Å². The fraction of sp³-hybridized carbons (Fsp3) is 0.379. The predicted octanol–water partition coefficient (Wildman–Crippen LogP) is 7.87. The highest BCUT2D eigenvalue weighted by Crippen LogP contribution is 2.58. The molecule has 0 radical (unpaired) electrons. The van der Waals surface area contributed by atoms with Crippen molar-refractivity contribution >= 4 is 21.8 Å². The predicted molar refractivity (Wildman–Crippen MR) is 128 cm³/mol. The average molecular weight is 394 g/mol. The van der Waals surface area contributed by atoms with E-state index in [9.17, 15) is 0 Å². The Kier molecular flexibility index (Phi) is 3.94. The summed E-state index contributed by atoms with van der Waals surface area (Å²) in [6.07, 6.45) is 5.22. The van der Waals surface area contributed by atoms with Crippen LogP contribution in [0.4, 0.5) is 0 Å². The third-order valence-electron chi connectivity index (χ3n) is 8.42. The second kappa shape index (κ2) is 6.48.